The Morgan fingerprint density at radius 2 is 1.93 bits per heavy atom. The molecule has 0 radical (unpaired) electrons. The highest BCUT2D eigenvalue weighted by Crippen LogP contribution is 2.45. The topological polar surface area (TPSA) is 103 Å². The summed E-state index contributed by atoms with van der Waals surface area (Å²) < 4.78 is 42.5. The van der Waals surface area contributed by atoms with E-state index in [1.54, 1.807) is 54.6 Å². The van der Waals surface area contributed by atoms with E-state index >= 15 is 0 Å². The largest absolute Gasteiger partial charge is 0.489 e. The molecule has 41 heavy (non-hydrogen) atoms. The van der Waals surface area contributed by atoms with Gasteiger partial charge in [0.15, 0.2) is 6.10 Å². The Bertz CT molecular complexity index is 1630. The highest BCUT2D eigenvalue weighted by molar-refractivity contribution is 6.31. The number of hydrogen-bond acceptors (Lipinski definition) is 7. The van der Waals surface area contributed by atoms with E-state index in [0.717, 1.165) is 12.8 Å². The number of hydrogen-bond donors (Lipinski definition) is 1. The number of rotatable bonds is 10. The van der Waals surface area contributed by atoms with Crippen LogP contribution in [-0.4, -0.2) is 28.6 Å². The molecule has 1 saturated carbocycles. The highest BCUT2D eigenvalue weighted by atomic mass is 35.5. The van der Waals surface area contributed by atoms with Gasteiger partial charge < -0.3 is 23.9 Å². The van der Waals surface area contributed by atoms with Gasteiger partial charge in [0, 0.05) is 29.0 Å². The Balaban J connectivity index is 1.18. The zero-order chi connectivity index (χ0) is 28.5. The Hall–Kier alpha value is -4.44. The molecule has 0 spiro atoms. The summed E-state index contributed by atoms with van der Waals surface area (Å²) in [5.41, 5.74) is 3.60. The average molecular weight is 581 g/mol. The van der Waals surface area contributed by atoms with Crippen molar-refractivity contribution >= 4 is 23.3 Å². The predicted molar refractivity (Wildman–Crippen MR) is 145 cm³/mol. The molecule has 11 heteroatoms. The number of benzene rings is 3. The Kier molecular flexibility index (Phi) is 7.32. The fourth-order valence-electron chi connectivity index (χ4n) is 4.76. The first-order chi connectivity index (χ1) is 19.9. The van der Waals surface area contributed by atoms with Crippen LogP contribution in [0.5, 0.6) is 11.5 Å². The maximum atomic E-state index is 13.0. The van der Waals surface area contributed by atoms with Crippen molar-refractivity contribution in [1.29, 1.82) is 0 Å². The minimum absolute atomic E-state index is 0.000340. The summed E-state index contributed by atoms with van der Waals surface area (Å²) in [6, 6.07) is 18.2. The monoisotopic (exact) mass is 580 g/mol. The zero-order valence-corrected chi connectivity index (χ0v) is 22.2. The van der Waals surface area contributed by atoms with E-state index in [0.29, 0.717) is 56.6 Å². The lowest BCUT2D eigenvalue weighted by molar-refractivity contribution is -0.0494. The van der Waals surface area contributed by atoms with Crippen molar-refractivity contribution < 1.29 is 37.5 Å². The normalized spacial score (nSPS) is 16.4. The van der Waals surface area contributed by atoms with Gasteiger partial charge in [-0.25, -0.2) is 4.79 Å². The third-order valence-corrected chi connectivity index (χ3v) is 7.27. The summed E-state index contributed by atoms with van der Waals surface area (Å²) in [6.45, 7) is -2.90. The molecule has 0 saturated heterocycles. The smallest absolute Gasteiger partial charge is 0.387 e. The van der Waals surface area contributed by atoms with Crippen LogP contribution < -0.4 is 9.47 Å². The molecule has 2 aliphatic rings. The van der Waals surface area contributed by atoms with E-state index in [-0.39, 0.29) is 23.8 Å². The molecule has 8 nitrogen and oxygen atoms in total. The maximum Gasteiger partial charge on any atom is 0.387 e. The van der Waals surface area contributed by atoms with E-state index in [2.05, 4.69) is 10.3 Å². The Morgan fingerprint density at radius 3 is 2.68 bits per heavy atom. The number of oxime groups is 1. The first-order valence-electron chi connectivity index (χ1n) is 12.9. The lowest BCUT2D eigenvalue weighted by Gasteiger charge is -2.14. The second kappa shape index (κ2) is 11.2. The van der Waals surface area contributed by atoms with E-state index < -0.39 is 18.7 Å². The fraction of sp³-hybridized carbons (Fsp3) is 0.233. The van der Waals surface area contributed by atoms with Crippen LogP contribution in [-0.2, 0) is 11.4 Å². The van der Waals surface area contributed by atoms with Crippen molar-refractivity contribution in [2.75, 3.05) is 0 Å². The number of para-hydroxylation sites is 1. The number of carbonyl (C=O) groups is 1. The van der Waals surface area contributed by atoms with Gasteiger partial charge in [0.25, 0.3) is 0 Å². The molecule has 1 atom stereocenters. The highest BCUT2D eigenvalue weighted by Gasteiger charge is 2.34. The van der Waals surface area contributed by atoms with Gasteiger partial charge in [-0.05, 0) is 49.2 Å². The minimum atomic E-state index is -2.98. The predicted octanol–water partition coefficient (Wildman–Crippen LogP) is 7.62. The molecule has 3 aromatic carbocycles. The van der Waals surface area contributed by atoms with Crippen LogP contribution in [0, 0.1) is 0 Å². The van der Waals surface area contributed by atoms with Crippen molar-refractivity contribution in [1.82, 2.24) is 5.16 Å². The number of ether oxygens (including phenoxy) is 2. The van der Waals surface area contributed by atoms with Gasteiger partial charge in [-0.3, -0.25) is 0 Å². The number of nitrogens with zero attached hydrogens (tertiary/aromatic N) is 2. The van der Waals surface area contributed by atoms with Gasteiger partial charge in [-0.1, -0.05) is 52.2 Å². The quantitative estimate of drug-likeness (QED) is 0.206. The fourth-order valence-corrected chi connectivity index (χ4v) is 5.05. The molecule has 2 heterocycles. The van der Waals surface area contributed by atoms with Crippen molar-refractivity contribution in [3.8, 4) is 22.8 Å². The standard InChI is InChI=1S/C30H23ClF2N2O6/c31-23-13-19(10-11-20(23)26-14-24(34-40-26)17-4-3-5-18(12-17)29(36)37)38-15-22-27(35-41-28(22)16-8-9-16)21-6-1-2-7-25(21)39-30(32)33/h1-7,10-13,16,26,30H,8-9,14-15H2,(H,36,37). The van der Waals surface area contributed by atoms with Gasteiger partial charge in [0.2, 0.25) is 0 Å². The van der Waals surface area contributed by atoms with Crippen molar-refractivity contribution in [2.24, 2.45) is 5.16 Å². The second-order valence-corrected chi connectivity index (χ2v) is 10.1. The van der Waals surface area contributed by atoms with Gasteiger partial charge in [-0.15, -0.1) is 0 Å². The maximum absolute atomic E-state index is 13.0. The Labute approximate surface area is 238 Å². The first-order valence-corrected chi connectivity index (χ1v) is 13.3. The number of halogens is 3. The lowest BCUT2D eigenvalue weighted by Crippen LogP contribution is -2.05. The van der Waals surface area contributed by atoms with Crippen LogP contribution in [0.2, 0.25) is 5.02 Å². The third kappa shape index (κ3) is 5.74. The van der Waals surface area contributed by atoms with E-state index in [9.17, 15) is 18.7 Å². The molecular formula is C30H23ClF2N2O6. The molecule has 6 rings (SSSR count). The van der Waals surface area contributed by atoms with Crippen molar-refractivity contribution in [2.45, 2.75) is 44.5 Å². The number of carboxylic acids is 1. The minimum Gasteiger partial charge on any atom is -0.489 e. The number of aromatic nitrogens is 1. The molecule has 1 N–H and O–H groups in total. The first kappa shape index (κ1) is 26.8. The molecule has 210 valence electrons. The molecule has 0 amide bonds. The zero-order valence-electron chi connectivity index (χ0n) is 21.4. The molecule has 0 bridgehead atoms. The van der Waals surface area contributed by atoms with Gasteiger partial charge in [0.05, 0.1) is 21.9 Å². The van der Waals surface area contributed by atoms with Crippen LogP contribution in [0.25, 0.3) is 11.3 Å². The number of alkyl halides is 2. The summed E-state index contributed by atoms with van der Waals surface area (Å²) in [6.07, 6.45) is 1.86. The lowest BCUT2D eigenvalue weighted by atomic mass is 9.99. The molecule has 1 aromatic heterocycles. The molecule has 1 aliphatic carbocycles. The van der Waals surface area contributed by atoms with Crippen molar-refractivity contribution in [3.63, 3.8) is 0 Å². The van der Waals surface area contributed by atoms with Crippen LogP contribution in [0.4, 0.5) is 8.78 Å². The van der Waals surface area contributed by atoms with E-state index in [1.165, 1.54) is 12.1 Å². The molecular weight excluding hydrogens is 558 g/mol. The van der Waals surface area contributed by atoms with Crippen molar-refractivity contribution in [3.05, 3.63) is 99.8 Å². The molecule has 1 fully saturated rings. The van der Waals surface area contributed by atoms with Gasteiger partial charge >= 0.3 is 12.6 Å². The van der Waals surface area contributed by atoms with E-state index in [1.807, 2.05) is 0 Å². The summed E-state index contributed by atoms with van der Waals surface area (Å²) in [5.74, 6) is 0.340. The van der Waals surface area contributed by atoms with E-state index in [4.69, 9.17) is 30.4 Å². The van der Waals surface area contributed by atoms with Crippen LogP contribution in [0.3, 0.4) is 0 Å². The molecule has 1 unspecified atom stereocenters. The van der Waals surface area contributed by atoms with Crippen LogP contribution >= 0.6 is 11.6 Å². The van der Waals surface area contributed by atoms with Crippen LogP contribution in [0.15, 0.2) is 76.4 Å². The summed E-state index contributed by atoms with van der Waals surface area (Å²) >= 11 is 6.61. The van der Waals surface area contributed by atoms with Gasteiger partial charge in [0.1, 0.15) is 29.6 Å². The summed E-state index contributed by atoms with van der Waals surface area (Å²) in [4.78, 5) is 16.9. The summed E-state index contributed by atoms with van der Waals surface area (Å²) in [5, 5.41) is 18.0. The molecule has 4 aromatic rings. The average Bonchev–Trinajstić information content (AvgIpc) is 3.53. The SMILES string of the molecule is O=C(O)c1cccc(C2=NOC(c3ccc(OCc4c(-c5ccccc5OC(F)F)noc4C4CC4)cc3Cl)C2)c1. The number of carboxylic acid groups (broad SMARTS) is 1. The third-order valence-electron chi connectivity index (χ3n) is 6.94. The summed E-state index contributed by atoms with van der Waals surface area (Å²) in [7, 11) is 0. The van der Waals surface area contributed by atoms with Crippen LogP contribution in [0.1, 0.15) is 64.1 Å². The molecule has 1 aliphatic heterocycles. The number of aromatic carboxylic acids is 1. The van der Waals surface area contributed by atoms with Gasteiger partial charge in [-0.2, -0.15) is 8.78 Å². The second-order valence-electron chi connectivity index (χ2n) is 9.72. The Morgan fingerprint density at radius 1 is 1.10 bits per heavy atom.